The number of anilines is 1. The van der Waals surface area contributed by atoms with E-state index in [0.29, 0.717) is 16.3 Å². The van der Waals surface area contributed by atoms with Crippen LogP contribution in [0.3, 0.4) is 0 Å². The number of hydrogen-bond acceptors (Lipinski definition) is 2. The zero-order valence-electron chi connectivity index (χ0n) is 10.6. The van der Waals surface area contributed by atoms with Crippen LogP contribution in [-0.4, -0.2) is 5.91 Å². The molecule has 0 radical (unpaired) electrons. The number of carbonyl (C=O) groups excluding carboxylic acids is 1. The van der Waals surface area contributed by atoms with E-state index in [-0.39, 0.29) is 28.2 Å². The van der Waals surface area contributed by atoms with Crippen LogP contribution in [0.2, 0.25) is 15.1 Å². The Hall–Kier alpha value is -1.49. The normalized spacial score (nSPS) is 10.3. The van der Waals surface area contributed by atoms with Crippen molar-refractivity contribution in [2.75, 3.05) is 5.43 Å². The van der Waals surface area contributed by atoms with Gasteiger partial charge >= 0.3 is 0 Å². The first-order chi connectivity index (χ1) is 9.95. The SMILES string of the molecule is O=C(Cc1ccc(F)cc1)NNc1c(Cl)cc(Cl)cc1Cl. The third kappa shape index (κ3) is 4.49. The molecule has 0 saturated heterocycles. The molecule has 2 rings (SSSR count). The molecule has 0 aromatic heterocycles. The Balaban J connectivity index is 1.97. The van der Waals surface area contributed by atoms with Gasteiger partial charge in [0.2, 0.25) is 5.91 Å². The third-order valence-corrected chi connectivity index (χ3v) is 3.43. The van der Waals surface area contributed by atoms with Crippen LogP contribution in [0, 0.1) is 5.82 Å². The number of amides is 1. The molecule has 0 saturated carbocycles. The molecule has 7 heteroatoms. The highest BCUT2D eigenvalue weighted by Crippen LogP contribution is 2.33. The maximum absolute atomic E-state index is 12.8. The molecular weight excluding hydrogens is 338 g/mol. The smallest absolute Gasteiger partial charge is 0.242 e. The van der Waals surface area contributed by atoms with Gasteiger partial charge in [-0.15, -0.1) is 0 Å². The van der Waals surface area contributed by atoms with Crippen LogP contribution in [0.4, 0.5) is 10.1 Å². The van der Waals surface area contributed by atoms with E-state index in [1.54, 1.807) is 0 Å². The van der Waals surface area contributed by atoms with Crippen molar-refractivity contribution in [3.8, 4) is 0 Å². The Morgan fingerprint density at radius 1 is 1.05 bits per heavy atom. The molecule has 0 unspecified atom stereocenters. The summed E-state index contributed by atoms with van der Waals surface area (Å²) in [7, 11) is 0. The van der Waals surface area contributed by atoms with Crippen molar-refractivity contribution >= 4 is 46.4 Å². The van der Waals surface area contributed by atoms with Gasteiger partial charge in [-0.1, -0.05) is 46.9 Å². The highest BCUT2D eigenvalue weighted by molar-refractivity contribution is 6.41. The van der Waals surface area contributed by atoms with Gasteiger partial charge in [0.15, 0.2) is 0 Å². The van der Waals surface area contributed by atoms with E-state index in [1.807, 2.05) is 0 Å². The fraction of sp³-hybridized carbons (Fsp3) is 0.0714. The molecule has 0 spiro atoms. The van der Waals surface area contributed by atoms with Gasteiger partial charge < -0.3 is 0 Å². The molecule has 0 bridgehead atoms. The van der Waals surface area contributed by atoms with Crippen molar-refractivity contribution in [3.63, 3.8) is 0 Å². The minimum Gasteiger partial charge on any atom is -0.296 e. The molecule has 3 nitrogen and oxygen atoms in total. The van der Waals surface area contributed by atoms with Crippen molar-refractivity contribution in [2.45, 2.75) is 6.42 Å². The first-order valence-corrected chi connectivity index (χ1v) is 7.03. The number of rotatable bonds is 4. The first-order valence-electron chi connectivity index (χ1n) is 5.89. The lowest BCUT2D eigenvalue weighted by Crippen LogP contribution is -2.31. The monoisotopic (exact) mass is 346 g/mol. The van der Waals surface area contributed by atoms with Crippen molar-refractivity contribution in [3.05, 3.63) is 62.8 Å². The summed E-state index contributed by atoms with van der Waals surface area (Å²) in [6, 6.07) is 8.67. The van der Waals surface area contributed by atoms with Crippen LogP contribution in [0.15, 0.2) is 36.4 Å². The zero-order valence-corrected chi connectivity index (χ0v) is 12.9. The number of nitrogens with one attached hydrogen (secondary N) is 2. The van der Waals surface area contributed by atoms with Gasteiger partial charge in [-0.25, -0.2) is 4.39 Å². The van der Waals surface area contributed by atoms with E-state index in [1.165, 1.54) is 36.4 Å². The third-order valence-electron chi connectivity index (χ3n) is 2.61. The van der Waals surface area contributed by atoms with Gasteiger partial charge in [0, 0.05) is 5.02 Å². The van der Waals surface area contributed by atoms with E-state index >= 15 is 0 Å². The van der Waals surface area contributed by atoms with E-state index in [9.17, 15) is 9.18 Å². The van der Waals surface area contributed by atoms with Crippen LogP contribution in [-0.2, 0) is 11.2 Å². The summed E-state index contributed by atoms with van der Waals surface area (Å²) in [4.78, 5) is 11.8. The van der Waals surface area contributed by atoms with Crippen LogP contribution in [0.1, 0.15) is 5.56 Å². The molecule has 0 aliphatic heterocycles. The molecule has 1 amide bonds. The van der Waals surface area contributed by atoms with Crippen LogP contribution >= 0.6 is 34.8 Å². The number of benzene rings is 2. The van der Waals surface area contributed by atoms with Crippen molar-refractivity contribution < 1.29 is 9.18 Å². The second kappa shape index (κ2) is 6.98. The number of halogens is 4. The van der Waals surface area contributed by atoms with Crippen LogP contribution in [0.5, 0.6) is 0 Å². The average Bonchev–Trinajstić information content (AvgIpc) is 2.40. The highest BCUT2D eigenvalue weighted by Gasteiger charge is 2.09. The average molecular weight is 348 g/mol. The summed E-state index contributed by atoms with van der Waals surface area (Å²) in [6.45, 7) is 0. The van der Waals surface area contributed by atoms with Gasteiger partial charge in [-0.2, -0.15) is 0 Å². The second-order valence-corrected chi connectivity index (χ2v) is 5.47. The quantitative estimate of drug-likeness (QED) is 0.801. The van der Waals surface area contributed by atoms with Gasteiger partial charge in [-0.05, 0) is 29.8 Å². The van der Waals surface area contributed by atoms with Crippen LogP contribution in [0.25, 0.3) is 0 Å². The minimum atomic E-state index is -0.350. The first kappa shape index (κ1) is 15.9. The molecule has 110 valence electrons. The Kier molecular flexibility index (Phi) is 5.28. The van der Waals surface area contributed by atoms with Crippen molar-refractivity contribution in [2.24, 2.45) is 0 Å². The number of hydrazine groups is 1. The fourth-order valence-corrected chi connectivity index (χ4v) is 2.54. The predicted molar refractivity (Wildman–Crippen MR) is 83.3 cm³/mol. The van der Waals surface area contributed by atoms with Gasteiger partial charge in [0.1, 0.15) is 5.82 Å². The van der Waals surface area contributed by atoms with Crippen molar-refractivity contribution in [1.29, 1.82) is 0 Å². The lowest BCUT2D eigenvalue weighted by atomic mass is 10.1. The minimum absolute atomic E-state index is 0.0934. The molecule has 2 N–H and O–H groups in total. The van der Waals surface area contributed by atoms with E-state index in [2.05, 4.69) is 10.9 Å². The summed E-state index contributed by atoms with van der Waals surface area (Å²) in [5.41, 5.74) is 6.15. The maximum atomic E-state index is 12.8. The molecule has 21 heavy (non-hydrogen) atoms. The molecule has 0 fully saturated rings. The molecule has 0 atom stereocenters. The second-order valence-electron chi connectivity index (χ2n) is 4.22. The summed E-state index contributed by atoms with van der Waals surface area (Å²) in [5, 5.41) is 0.970. The molecule has 0 aliphatic rings. The van der Waals surface area contributed by atoms with Gasteiger partial charge in [0.05, 0.1) is 22.2 Å². The fourth-order valence-electron chi connectivity index (χ4n) is 1.63. The Morgan fingerprint density at radius 2 is 1.62 bits per heavy atom. The van der Waals surface area contributed by atoms with Crippen LogP contribution < -0.4 is 10.9 Å². The summed E-state index contributed by atoms with van der Waals surface area (Å²) >= 11 is 17.7. The molecule has 2 aromatic carbocycles. The lowest BCUT2D eigenvalue weighted by Gasteiger charge is -2.12. The topological polar surface area (TPSA) is 41.1 Å². The Bertz CT molecular complexity index is 639. The van der Waals surface area contributed by atoms with E-state index in [4.69, 9.17) is 34.8 Å². The standard InChI is InChI=1S/C14H10Cl3FN2O/c15-9-6-11(16)14(12(17)7-9)20-19-13(21)5-8-1-3-10(18)4-2-8/h1-4,6-7,20H,5H2,(H,19,21). The Labute approximate surface area is 136 Å². The summed E-state index contributed by atoms with van der Waals surface area (Å²) in [6.07, 6.45) is 0.0934. The van der Waals surface area contributed by atoms with Crippen molar-refractivity contribution in [1.82, 2.24) is 5.43 Å². The van der Waals surface area contributed by atoms with E-state index in [0.717, 1.165) is 0 Å². The number of carbonyl (C=O) groups is 1. The lowest BCUT2D eigenvalue weighted by molar-refractivity contribution is -0.119. The predicted octanol–water partition coefficient (Wildman–Crippen LogP) is 4.47. The van der Waals surface area contributed by atoms with Gasteiger partial charge in [0.25, 0.3) is 0 Å². The number of hydrogen-bond donors (Lipinski definition) is 2. The molecule has 0 aliphatic carbocycles. The highest BCUT2D eigenvalue weighted by atomic mass is 35.5. The summed E-state index contributed by atoms with van der Waals surface area (Å²) < 4.78 is 12.8. The molecular formula is C14H10Cl3FN2O. The van der Waals surface area contributed by atoms with E-state index < -0.39 is 0 Å². The molecule has 2 aromatic rings. The Morgan fingerprint density at radius 3 is 2.19 bits per heavy atom. The summed E-state index contributed by atoms with van der Waals surface area (Å²) in [5.74, 6) is -0.666. The van der Waals surface area contributed by atoms with Gasteiger partial charge in [-0.3, -0.25) is 15.6 Å². The largest absolute Gasteiger partial charge is 0.296 e. The zero-order chi connectivity index (χ0) is 15.4. The maximum Gasteiger partial charge on any atom is 0.242 e. The molecule has 0 heterocycles.